The van der Waals surface area contributed by atoms with Gasteiger partial charge in [-0.05, 0) is 57.5 Å². The van der Waals surface area contributed by atoms with Gasteiger partial charge in [0.2, 0.25) is 5.91 Å². The van der Waals surface area contributed by atoms with E-state index in [1.54, 1.807) is 6.92 Å². The van der Waals surface area contributed by atoms with Crippen molar-refractivity contribution in [2.75, 3.05) is 19.6 Å². The van der Waals surface area contributed by atoms with E-state index in [4.69, 9.17) is 11.5 Å². The Labute approximate surface area is 111 Å². The molecule has 1 amide bonds. The van der Waals surface area contributed by atoms with Crippen LogP contribution in [0, 0.1) is 11.8 Å². The molecule has 18 heavy (non-hydrogen) atoms. The summed E-state index contributed by atoms with van der Waals surface area (Å²) in [6.07, 6.45) is 4.05. The summed E-state index contributed by atoms with van der Waals surface area (Å²) in [7, 11) is 0. The number of unbranched alkanes of at least 4 members (excludes halogenated alkanes) is 1. The molecule has 1 aliphatic rings. The number of piperidine rings is 1. The summed E-state index contributed by atoms with van der Waals surface area (Å²) >= 11 is 0. The summed E-state index contributed by atoms with van der Waals surface area (Å²) in [5.74, 6) is 1.25. The Hall–Kier alpha value is -0.610. The minimum Gasteiger partial charge on any atom is -0.368 e. The smallest absolute Gasteiger partial charge is 0.237 e. The van der Waals surface area contributed by atoms with Crippen molar-refractivity contribution in [2.24, 2.45) is 23.3 Å². The average molecular weight is 255 g/mol. The van der Waals surface area contributed by atoms with E-state index in [1.165, 1.54) is 19.5 Å². The van der Waals surface area contributed by atoms with Gasteiger partial charge in [-0.15, -0.1) is 0 Å². The van der Waals surface area contributed by atoms with Crippen LogP contribution in [-0.2, 0) is 4.79 Å². The molecular weight excluding hydrogens is 226 g/mol. The van der Waals surface area contributed by atoms with Crippen molar-refractivity contribution in [3.8, 4) is 0 Å². The van der Waals surface area contributed by atoms with Crippen molar-refractivity contribution in [1.29, 1.82) is 0 Å². The molecule has 0 aromatic carbocycles. The number of likely N-dealkylation sites (tertiary alicyclic amines) is 1. The van der Waals surface area contributed by atoms with Crippen LogP contribution in [0.25, 0.3) is 0 Å². The fourth-order valence-electron chi connectivity index (χ4n) is 2.50. The van der Waals surface area contributed by atoms with Gasteiger partial charge in [-0.1, -0.05) is 13.8 Å². The first-order valence-electron chi connectivity index (χ1n) is 7.14. The fourth-order valence-corrected chi connectivity index (χ4v) is 2.50. The molecular formula is C14H29N3O. The van der Waals surface area contributed by atoms with Crippen molar-refractivity contribution < 1.29 is 4.79 Å². The number of nitrogens with two attached hydrogens (primary N) is 2. The molecule has 0 aromatic heterocycles. The lowest BCUT2D eigenvalue weighted by atomic mass is 9.88. The maximum atomic E-state index is 11.1. The van der Waals surface area contributed by atoms with Gasteiger partial charge in [-0.2, -0.15) is 0 Å². The summed E-state index contributed by atoms with van der Waals surface area (Å²) in [4.78, 5) is 13.6. The van der Waals surface area contributed by atoms with Gasteiger partial charge < -0.3 is 16.4 Å². The maximum Gasteiger partial charge on any atom is 0.237 e. The Balaban J connectivity index is 2.17. The van der Waals surface area contributed by atoms with E-state index < -0.39 is 11.4 Å². The molecule has 0 bridgehead atoms. The molecule has 1 saturated heterocycles. The van der Waals surface area contributed by atoms with Crippen LogP contribution >= 0.6 is 0 Å². The number of carbonyl (C=O) groups excluding carboxylic acids is 1. The normalized spacial score (nSPS) is 28.9. The van der Waals surface area contributed by atoms with E-state index in [0.29, 0.717) is 6.42 Å². The molecule has 0 aromatic rings. The average Bonchev–Trinajstić information content (AvgIpc) is 2.29. The van der Waals surface area contributed by atoms with Crippen LogP contribution in [0.2, 0.25) is 0 Å². The highest BCUT2D eigenvalue weighted by molar-refractivity contribution is 5.83. The molecule has 4 heteroatoms. The lowest BCUT2D eigenvalue weighted by Crippen LogP contribution is -2.49. The molecule has 1 rings (SSSR count). The molecule has 1 aliphatic heterocycles. The van der Waals surface area contributed by atoms with E-state index in [2.05, 4.69) is 18.7 Å². The van der Waals surface area contributed by atoms with Crippen molar-refractivity contribution in [3.63, 3.8) is 0 Å². The summed E-state index contributed by atoms with van der Waals surface area (Å²) in [6, 6.07) is 0. The van der Waals surface area contributed by atoms with E-state index in [1.807, 2.05) is 0 Å². The second-order valence-electron chi connectivity index (χ2n) is 6.28. The summed E-state index contributed by atoms with van der Waals surface area (Å²) in [5.41, 5.74) is 10.2. The molecule has 3 atom stereocenters. The number of hydrogen-bond donors (Lipinski definition) is 2. The summed E-state index contributed by atoms with van der Waals surface area (Å²) in [5, 5.41) is 0. The van der Waals surface area contributed by atoms with Crippen LogP contribution in [0.15, 0.2) is 0 Å². The summed E-state index contributed by atoms with van der Waals surface area (Å²) in [6.45, 7) is 9.93. The monoisotopic (exact) mass is 255 g/mol. The highest BCUT2D eigenvalue weighted by atomic mass is 16.1. The van der Waals surface area contributed by atoms with Gasteiger partial charge in [0.25, 0.3) is 0 Å². The topological polar surface area (TPSA) is 72.3 Å². The van der Waals surface area contributed by atoms with Gasteiger partial charge in [0, 0.05) is 6.54 Å². The number of nitrogens with zero attached hydrogens (tertiary/aromatic N) is 1. The second kappa shape index (κ2) is 6.53. The van der Waals surface area contributed by atoms with Crippen LogP contribution in [0.5, 0.6) is 0 Å². The molecule has 1 heterocycles. The second-order valence-corrected chi connectivity index (χ2v) is 6.28. The zero-order chi connectivity index (χ0) is 13.8. The largest absolute Gasteiger partial charge is 0.368 e. The number of primary amides is 1. The third kappa shape index (κ3) is 4.58. The lowest BCUT2D eigenvalue weighted by Gasteiger charge is -2.35. The number of carbonyl (C=O) groups is 1. The molecule has 0 aliphatic carbocycles. The Morgan fingerprint density at radius 2 is 2.00 bits per heavy atom. The summed E-state index contributed by atoms with van der Waals surface area (Å²) < 4.78 is 0. The van der Waals surface area contributed by atoms with Crippen LogP contribution in [0.3, 0.4) is 0 Å². The predicted molar refractivity (Wildman–Crippen MR) is 75.0 cm³/mol. The van der Waals surface area contributed by atoms with Crippen LogP contribution in [-0.4, -0.2) is 36.0 Å². The van der Waals surface area contributed by atoms with Gasteiger partial charge in [-0.3, -0.25) is 4.79 Å². The first-order chi connectivity index (χ1) is 8.33. The van der Waals surface area contributed by atoms with Gasteiger partial charge in [-0.25, -0.2) is 0 Å². The molecule has 0 saturated carbocycles. The van der Waals surface area contributed by atoms with Gasteiger partial charge in [0.1, 0.15) is 0 Å². The third-order valence-corrected chi connectivity index (χ3v) is 4.40. The van der Waals surface area contributed by atoms with E-state index in [9.17, 15) is 4.79 Å². The van der Waals surface area contributed by atoms with Crippen molar-refractivity contribution in [1.82, 2.24) is 4.90 Å². The number of hydrogen-bond acceptors (Lipinski definition) is 3. The number of rotatable bonds is 6. The van der Waals surface area contributed by atoms with E-state index in [0.717, 1.165) is 31.2 Å². The SMILES string of the molecule is CC1CCN(CCCCC(C)(N)C(N)=O)CC1C. The quantitative estimate of drug-likeness (QED) is 0.703. The molecule has 1 fully saturated rings. The van der Waals surface area contributed by atoms with E-state index >= 15 is 0 Å². The van der Waals surface area contributed by atoms with Crippen molar-refractivity contribution in [3.05, 3.63) is 0 Å². The lowest BCUT2D eigenvalue weighted by molar-refractivity contribution is -0.122. The molecule has 0 radical (unpaired) electrons. The van der Waals surface area contributed by atoms with Crippen molar-refractivity contribution >= 4 is 5.91 Å². The predicted octanol–water partition coefficient (Wildman–Crippen LogP) is 1.34. The molecule has 3 unspecified atom stereocenters. The van der Waals surface area contributed by atoms with Gasteiger partial charge in [0.15, 0.2) is 0 Å². The Kier molecular flexibility index (Phi) is 5.60. The standard InChI is InChI=1S/C14H29N3O/c1-11-6-9-17(10-12(11)2)8-5-4-7-14(3,16)13(15)18/h11-12H,4-10,16H2,1-3H3,(H2,15,18). The molecule has 4 N–H and O–H groups in total. The highest BCUT2D eigenvalue weighted by Gasteiger charge is 2.25. The Bertz CT molecular complexity index is 278. The third-order valence-electron chi connectivity index (χ3n) is 4.40. The Morgan fingerprint density at radius 1 is 1.33 bits per heavy atom. The van der Waals surface area contributed by atoms with Crippen LogP contribution < -0.4 is 11.5 Å². The number of amides is 1. The van der Waals surface area contributed by atoms with Gasteiger partial charge in [0.05, 0.1) is 5.54 Å². The fraction of sp³-hybridized carbons (Fsp3) is 0.929. The van der Waals surface area contributed by atoms with Crippen molar-refractivity contribution in [2.45, 2.75) is 52.0 Å². The maximum absolute atomic E-state index is 11.1. The molecule has 4 nitrogen and oxygen atoms in total. The zero-order valence-corrected chi connectivity index (χ0v) is 12.1. The molecule has 106 valence electrons. The minimum absolute atomic E-state index is 0.400. The van der Waals surface area contributed by atoms with Crippen LogP contribution in [0.1, 0.15) is 46.5 Å². The van der Waals surface area contributed by atoms with Crippen LogP contribution in [0.4, 0.5) is 0 Å². The van der Waals surface area contributed by atoms with Gasteiger partial charge >= 0.3 is 0 Å². The van der Waals surface area contributed by atoms with E-state index in [-0.39, 0.29) is 0 Å². The first kappa shape index (κ1) is 15.4. The zero-order valence-electron chi connectivity index (χ0n) is 12.1. The first-order valence-corrected chi connectivity index (χ1v) is 7.14. The Morgan fingerprint density at radius 3 is 2.56 bits per heavy atom. The molecule has 0 spiro atoms. The highest BCUT2D eigenvalue weighted by Crippen LogP contribution is 2.22. The minimum atomic E-state index is -0.844.